The van der Waals surface area contributed by atoms with Crippen LogP contribution < -0.4 is 0 Å². The Kier molecular flexibility index (Phi) is 4.52. The first kappa shape index (κ1) is 15.0. The Hall–Kier alpha value is -2.88. The molecule has 116 valence electrons. The first-order chi connectivity index (χ1) is 11.2. The Morgan fingerprint density at radius 1 is 1.09 bits per heavy atom. The van der Waals surface area contributed by atoms with E-state index in [-0.39, 0.29) is 12.1 Å². The molecule has 1 unspecified atom stereocenters. The van der Waals surface area contributed by atoms with E-state index >= 15 is 0 Å². The van der Waals surface area contributed by atoms with E-state index in [1.807, 2.05) is 67.6 Å². The van der Waals surface area contributed by atoms with Crippen LogP contribution in [0.5, 0.6) is 0 Å². The van der Waals surface area contributed by atoms with E-state index in [9.17, 15) is 4.79 Å². The van der Waals surface area contributed by atoms with Gasteiger partial charge in [0.2, 0.25) is 0 Å². The van der Waals surface area contributed by atoms with Crippen molar-refractivity contribution in [2.24, 2.45) is 0 Å². The van der Waals surface area contributed by atoms with Crippen molar-refractivity contribution in [3.8, 4) is 0 Å². The maximum Gasteiger partial charge on any atom is 0.341 e. The average Bonchev–Trinajstić information content (AvgIpc) is 3.05. The summed E-state index contributed by atoms with van der Waals surface area (Å²) in [5.41, 5.74) is 2.56. The van der Waals surface area contributed by atoms with Crippen LogP contribution in [0.4, 0.5) is 0 Å². The lowest BCUT2D eigenvalue weighted by molar-refractivity contribution is 0.0338. The van der Waals surface area contributed by atoms with Gasteiger partial charge < -0.3 is 4.74 Å². The molecule has 0 saturated heterocycles. The number of rotatable bonds is 5. The standard InChI is InChI=1S/C19H18N2O2/c1-15(17-10-6-3-7-11-17)23-19(22)18-12-20-21(14-18)13-16-8-4-2-5-9-16/h2-12,14-15H,13H2,1H3. The quantitative estimate of drug-likeness (QED) is 0.673. The van der Waals surface area contributed by atoms with E-state index in [1.54, 1.807) is 17.1 Å². The van der Waals surface area contributed by atoms with Crippen molar-refractivity contribution in [3.63, 3.8) is 0 Å². The van der Waals surface area contributed by atoms with Crippen LogP contribution in [-0.2, 0) is 11.3 Å². The smallest absolute Gasteiger partial charge is 0.341 e. The van der Waals surface area contributed by atoms with Gasteiger partial charge in [-0.05, 0) is 18.1 Å². The van der Waals surface area contributed by atoms with Gasteiger partial charge in [0.1, 0.15) is 6.10 Å². The number of ether oxygens (including phenoxy) is 1. The van der Waals surface area contributed by atoms with Crippen molar-refractivity contribution < 1.29 is 9.53 Å². The summed E-state index contributed by atoms with van der Waals surface area (Å²) in [6.45, 7) is 2.49. The number of benzene rings is 2. The highest BCUT2D eigenvalue weighted by Crippen LogP contribution is 2.18. The number of nitrogens with zero attached hydrogens (tertiary/aromatic N) is 2. The Labute approximate surface area is 135 Å². The van der Waals surface area contributed by atoms with Gasteiger partial charge in [0.25, 0.3) is 0 Å². The second-order valence-electron chi connectivity index (χ2n) is 5.37. The Morgan fingerprint density at radius 3 is 2.43 bits per heavy atom. The highest BCUT2D eigenvalue weighted by atomic mass is 16.5. The molecule has 1 heterocycles. The van der Waals surface area contributed by atoms with Gasteiger partial charge in [0.05, 0.1) is 18.3 Å². The van der Waals surface area contributed by atoms with Gasteiger partial charge >= 0.3 is 5.97 Å². The van der Waals surface area contributed by atoms with E-state index in [0.29, 0.717) is 12.1 Å². The van der Waals surface area contributed by atoms with Crippen LogP contribution in [0.25, 0.3) is 0 Å². The third-order valence-corrected chi connectivity index (χ3v) is 3.61. The highest BCUT2D eigenvalue weighted by Gasteiger charge is 2.15. The summed E-state index contributed by atoms with van der Waals surface area (Å²) in [5.74, 6) is -0.360. The molecule has 0 aliphatic rings. The Bertz CT molecular complexity index is 766. The molecule has 4 nitrogen and oxygen atoms in total. The van der Waals surface area contributed by atoms with Gasteiger partial charge in [0.15, 0.2) is 0 Å². The zero-order valence-corrected chi connectivity index (χ0v) is 12.9. The van der Waals surface area contributed by atoms with Gasteiger partial charge in [0, 0.05) is 6.20 Å². The summed E-state index contributed by atoms with van der Waals surface area (Å²) in [6.07, 6.45) is 2.97. The monoisotopic (exact) mass is 306 g/mol. The predicted octanol–water partition coefficient (Wildman–Crippen LogP) is 3.85. The molecule has 0 aliphatic heterocycles. The molecule has 0 aliphatic carbocycles. The van der Waals surface area contributed by atoms with Crippen LogP contribution >= 0.6 is 0 Å². The second-order valence-corrected chi connectivity index (χ2v) is 5.37. The summed E-state index contributed by atoms with van der Waals surface area (Å²) >= 11 is 0. The van der Waals surface area contributed by atoms with E-state index in [0.717, 1.165) is 11.1 Å². The molecule has 3 aromatic rings. The summed E-state index contributed by atoms with van der Waals surface area (Å²) in [5, 5.41) is 4.23. The normalized spacial score (nSPS) is 11.9. The number of carbonyl (C=O) groups is 1. The minimum absolute atomic E-state index is 0.291. The number of hydrogen-bond acceptors (Lipinski definition) is 3. The average molecular weight is 306 g/mol. The molecule has 23 heavy (non-hydrogen) atoms. The van der Waals surface area contributed by atoms with E-state index < -0.39 is 0 Å². The second kappa shape index (κ2) is 6.92. The Morgan fingerprint density at radius 2 is 1.74 bits per heavy atom. The number of carbonyl (C=O) groups excluding carboxylic acids is 1. The van der Waals surface area contributed by atoms with Crippen LogP contribution in [0.3, 0.4) is 0 Å². The number of esters is 1. The van der Waals surface area contributed by atoms with Crippen molar-refractivity contribution in [2.75, 3.05) is 0 Å². The minimum atomic E-state index is -0.360. The van der Waals surface area contributed by atoms with Crippen LogP contribution in [-0.4, -0.2) is 15.7 Å². The molecule has 4 heteroatoms. The van der Waals surface area contributed by atoms with E-state index in [1.165, 1.54) is 0 Å². The van der Waals surface area contributed by atoms with Crippen LogP contribution in [0.2, 0.25) is 0 Å². The van der Waals surface area contributed by atoms with Crippen molar-refractivity contribution >= 4 is 5.97 Å². The van der Waals surface area contributed by atoms with Crippen molar-refractivity contribution in [2.45, 2.75) is 19.6 Å². The lowest BCUT2D eigenvalue weighted by Crippen LogP contribution is -2.08. The molecular formula is C19H18N2O2. The lowest BCUT2D eigenvalue weighted by Gasteiger charge is -2.12. The minimum Gasteiger partial charge on any atom is -0.454 e. The first-order valence-corrected chi connectivity index (χ1v) is 7.54. The van der Waals surface area contributed by atoms with Gasteiger partial charge in [-0.1, -0.05) is 60.7 Å². The maximum absolute atomic E-state index is 12.2. The largest absolute Gasteiger partial charge is 0.454 e. The molecule has 0 N–H and O–H groups in total. The molecule has 0 bridgehead atoms. The first-order valence-electron chi connectivity index (χ1n) is 7.54. The highest BCUT2D eigenvalue weighted by molar-refractivity contribution is 5.88. The lowest BCUT2D eigenvalue weighted by atomic mass is 10.1. The van der Waals surface area contributed by atoms with Crippen molar-refractivity contribution in [1.29, 1.82) is 0 Å². The molecule has 1 atom stereocenters. The fourth-order valence-corrected chi connectivity index (χ4v) is 2.35. The molecule has 0 spiro atoms. The third kappa shape index (κ3) is 3.86. The predicted molar refractivity (Wildman–Crippen MR) is 88.0 cm³/mol. The van der Waals surface area contributed by atoms with Gasteiger partial charge in [-0.15, -0.1) is 0 Å². The fraction of sp³-hybridized carbons (Fsp3) is 0.158. The molecule has 0 saturated carbocycles. The number of aromatic nitrogens is 2. The van der Waals surface area contributed by atoms with Crippen molar-refractivity contribution in [1.82, 2.24) is 9.78 Å². The van der Waals surface area contributed by atoms with E-state index in [2.05, 4.69) is 5.10 Å². The zero-order valence-electron chi connectivity index (χ0n) is 12.9. The summed E-state index contributed by atoms with van der Waals surface area (Å²) in [7, 11) is 0. The Balaban J connectivity index is 1.64. The molecule has 3 rings (SSSR count). The maximum atomic E-state index is 12.2. The summed E-state index contributed by atoms with van der Waals surface area (Å²) in [4.78, 5) is 12.2. The molecule has 2 aromatic carbocycles. The fourth-order valence-electron chi connectivity index (χ4n) is 2.35. The molecule has 1 aromatic heterocycles. The van der Waals surface area contributed by atoms with Crippen LogP contribution in [0.1, 0.15) is 34.5 Å². The molecule has 0 fully saturated rings. The summed E-state index contributed by atoms with van der Waals surface area (Å²) < 4.78 is 7.23. The van der Waals surface area contributed by atoms with Gasteiger partial charge in [-0.25, -0.2) is 4.79 Å². The molecule has 0 radical (unpaired) electrons. The zero-order chi connectivity index (χ0) is 16.1. The molecular weight excluding hydrogens is 288 g/mol. The van der Waals surface area contributed by atoms with Crippen LogP contribution in [0.15, 0.2) is 73.1 Å². The molecule has 0 amide bonds. The van der Waals surface area contributed by atoms with E-state index in [4.69, 9.17) is 4.74 Å². The van der Waals surface area contributed by atoms with Crippen LogP contribution in [0, 0.1) is 0 Å². The third-order valence-electron chi connectivity index (χ3n) is 3.61. The topological polar surface area (TPSA) is 44.1 Å². The van der Waals surface area contributed by atoms with Gasteiger partial charge in [-0.3, -0.25) is 4.68 Å². The van der Waals surface area contributed by atoms with Crippen molar-refractivity contribution in [3.05, 3.63) is 89.7 Å². The summed E-state index contributed by atoms with van der Waals surface area (Å²) in [6, 6.07) is 19.7. The number of hydrogen-bond donors (Lipinski definition) is 0. The van der Waals surface area contributed by atoms with Gasteiger partial charge in [-0.2, -0.15) is 5.10 Å². The SMILES string of the molecule is CC(OC(=O)c1cnn(Cc2ccccc2)c1)c1ccccc1.